The standard InChI is InChI=1S/C20H15BrN2O5S/c21-14-4-2-1-3-13(14)18(24)22-7-8-23-19(25)17(29-20(23)26)10-12-5-6-15-16(9-12)28-11-27-15/h1-6,9-10H,7-8,11H2,(H,22,24)/b17-10-. The van der Waals surface area contributed by atoms with E-state index in [-0.39, 0.29) is 36.9 Å². The largest absolute Gasteiger partial charge is 0.454 e. The summed E-state index contributed by atoms with van der Waals surface area (Å²) in [4.78, 5) is 38.5. The molecular weight excluding hydrogens is 460 g/mol. The molecule has 2 aromatic carbocycles. The van der Waals surface area contributed by atoms with E-state index in [1.807, 2.05) is 6.07 Å². The molecule has 1 saturated heterocycles. The van der Waals surface area contributed by atoms with Gasteiger partial charge in [0, 0.05) is 17.6 Å². The molecule has 3 amide bonds. The number of carbonyl (C=O) groups is 3. The van der Waals surface area contributed by atoms with E-state index in [0.717, 1.165) is 22.2 Å². The van der Waals surface area contributed by atoms with Gasteiger partial charge in [0.25, 0.3) is 17.1 Å². The molecule has 0 unspecified atom stereocenters. The van der Waals surface area contributed by atoms with Crippen LogP contribution in [0.25, 0.3) is 6.08 Å². The van der Waals surface area contributed by atoms with Crippen molar-refractivity contribution in [3.05, 3.63) is 63.0 Å². The zero-order chi connectivity index (χ0) is 20.4. The molecule has 0 bridgehead atoms. The van der Waals surface area contributed by atoms with E-state index in [0.29, 0.717) is 26.4 Å². The smallest absolute Gasteiger partial charge is 0.293 e. The van der Waals surface area contributed by atoms with Gasteiger partial charge in [-0.3, -0.25) is 19.3 Å². The van der Waals surface area contributed by atoms with E-state index in [1.165, 1.54) is 0 Å². The highest BCUT2D eigenvalue weighted by Crippen LogP contribution is 2.36. The predicted molar refractivity (Wildman–Crippen MR) is 112 cm³/mol. The molecule has 2 aliphatic heterocycles. The molecule has 2 aliphatic rings. The third kappa shape index (κ3) is 4.15. The first-order chi connectivity index (χ1) is 14.0. The topological polar surface area (TPSA) is 84.9 Å². The number of carbonyl (C=O) groups excluding carboxylic acids is 3. The van der Waals surface area contributed by atoms with E-state index in [2.05, 4.69) is 21.2 Å². The average molecular weight is 475 g/mol. The summed E-state index contributed by atoms with van der Waals surface area (Å²) in [6, 6.07) is 12.3. The molecule has 0 saturated carbocycles. The van der Waals surface area contributed by atoms with Crippen LogP contribution in [-0.4, -0.2) is 41.8 Å². The third-order valence-electron chi connectivity index (χ3n) is 4.31. The Morgan fingerprint density at radius 1 is 1.17 bits per heavy atom. The van der Waals surface area contributed by atoms with Gasteiger partial charge < -0.3 is 14.8 Å². The third-order valence-corrected chi connectivity index (χ3v) is 5.91. The predicted octanol–water partition coefficient (Wildman–Crippen LogP) is 3.64. The zero-order valence-corrected chi connectivity index (χ0v) is 17.4. The van der Waals surface area contributed by atoms with Crippen molar-refractivity contribution in [2.75, 3.05) is 19.9 Å². The summed E-state index contributed by atoms with van der Waals surface area (Å²) in [5, 5.41) is 2.36. The first kappa shape index (κ1) is 19.5. The molecule has 0 aromatic heterocycles. The molecule has 148 valence electrons. The number of nitrogens with zero attached hydrogens (tertiary/aromatic N) is 1. The summed E-state index contributed by atoms with van der Waals surface area (Å²) >= 11 is 4.20. The van der Waals surface area contributed by atoms with Gasteiger partial charge in [-0.1, -0.05) is 18.2 Å². The normalized spacial score (nSPS) is 16.6. The Labute approximate surface area is 179 Å². The highest BCUT2D eigenvalue weighted by Gasteiger charge is 2.34. The fraction of sp³-hybridized carbons (Fsp3) is 0.150. The number of fused-ring (bicyclic) bond motifs is 1. The van der Waals surface area contributed by atoms with Crippen molar-refractivity contribution in [3.8, 4) is 11.5 Å². The minimum Gasteiger partial charge on any atom is -0.454 e. The number of rotatable bonds is 5. The molecule has 1 N–H and O–H groups in total. The summed E-state index contributed by atoms with van der Waals surface area (Å²) < 4.78 is 11.3. The Bertz CT molecular complexity index is 1040. The van der Waals surface area contributed by atoms with Gasteiger partial charge in [-0.25, -0.2) is 0 Å². The quantitative estimate of drug-likeness (QED) is 0.665. The Balaban J connectivity index is 1.38. The highest BCUT2D eigenvalue weighted by atomic mass is 79.9. The number of halogens is 1. The van der Waals surface area contributed by atoms with Crippen molar-refractivity contribution in [3.63, 3.8) is 0 Å². The van der Waals surface area contributed by atoms with Crippen LogP contribution in [0.4, 0.5) is 4.79 Å². The molecule has 2 aromatic rings. The SMILES string of the molecule is O=C(NCCN1C(=O)S/C(=C\c2ccc3c(c2)OCO3)C1=O)c1ccccc1Br. The van der Waals surface area contributed by atoms with Gasteiger partial charge in [0.2, 0.25) is 6.79 Å². The second-order valence-electron chi connectivity index (χ2n) is 6.18. The van der Waals surface area contributed by atoms with Crippen LogP contribution in [0, 0.1) is 0 Å². The van der Waals surface area contributed by atoms with E-state index >= 15 is 0 Å². The maximum atomic E-state index is 12.6. The number of amides is 3. The number of nitrogens with one attached hydrogen (secondary N) is 1. The molecule has 2 heterocycles. The maximum Gasteiger partial charge on any atom is 0.293 e. The number of hydrogen-bond donors (Lipinski definition) is 1. The number of thioether (sulfide) groups is 1. The fourth-order valence-electron chi connectivity index (χ4n) is 2.87. The van der Waals surface area contributed by atoms with Gasteiger partial charge in [0.05, 0.1) is 10.5 Å². The first-order valence-corrected chi connectivity index (χ1v) is 10.3. The Kier molecular flexibility index (Phi) is 5.59. The number of ether oxygens (including phenoxy) is 2. The number of benzene rings is 2. The fourth-order valence-corrected chi connectivity index (χ4v) is 4.20. The van der Waals surface area contributed by atoms with Crippen molar-refractivity contribution >= 4 is 50.8 Å². The molecule has 7 nitrogen and oxygen atoms in total. The van der Waals surface area contributed by atoms with E-state index in [9.17, 15) is 14.4 Å². The summed E-state index contributed by atoms with van der Waals surface area (Å²) in [5.74, 6) is 0.594. The summed E-state index contributed by atoms with van der Waals surface area (Å²) in [5.41, 5.74) is 1.23. The van der Waals surface area contributed by atoms with E-state index < -0.39 is 0 Å². The van der Waals surface area contributed by atoms with Crippen molar-refractivity contribution in [2.45, 2.75) is 0 Å². The monoisotopic (exact) mass is 474 g/mol. The van der Waals surface area contributed by atoms with Crippen molar-refractivity contribution in [1.82, 2.24) is 10.2 Å². The van der Waals surface area contributed by atoms with Gasteiger partial charge in [-0.2, -0.15) is 0 Å². The van der Waals surface area contributed by atoms with Crippen LogP contribution in [0.2, 0.25) is 0 Å². The minimum atomic E-state index is -0.382. The van der Waals surface area contributed by atoms with Gasteiger partial charge in [-0.05, 0) is 63.6 Å². The summed E-state index contributed by atoms with van der Waals surface area (Å²) in [6.07, 6.45) is 1.65. The molecule has 1 fully saturated rings. The lowest BCUT2D eigenvalue weighted by molar-refractivity contribution is -0.122. The van der Waals surface area contributed by atoms with Crippen LogP contribution >= 0.6 is 27.7 Å². The minimum absolute atomic E-state index is 0.0966. The van der Waals surface area contributed by atoms with Crippen LogP contribution in [0.5, 0.6) is 11.5 Å². The van der Waals surface area contributed by atoms with Gasteiger partial charge in [0.15, 0.2) is 11.5 Å². The molecule has 4 rings (SSSR count). The Morgan fingerprint density at radius 3 is 2.79 bits per heavy atom. The van der Waals surface area contributed by atoms with Gasteiger partial charge in [-0.15, -0.1) is 0 Å². The first-order valence-electron chi connectivity index (χ1n) is 8.70. The van der Waals surface area contributed by atoms with Gasteiger partial charge >= 0.3 is 0 Å². The van der Waals surface area contributed by atoms with Crippen LogP contribution in [0.3, 0.4) is 0 Å². The van der Waals surface area contributed by atoms with Crippen LogP contribution in [0.1, 0.15) is 15.9 Å². The number of hydrogen-bond acceptors (Lipinski definition) is 6. The van der Waals surface area contributed by atoms with Crippen molar-refractivity contribution < 1.29 is 23.9 Å². The summed E-state index contributed by atoms with van der Waals surface area (Å²) in [6.45, 7) is 0.426. The average Bonchev–Trinajstić information content (AvgIpc) is 3.27. The molecule has 0 atom stereocenters. The molecule has 0 radical (unpaired) electrons. The van der Waals surface area contributed by atoms with Gasteiger partial charge in [0.1, 0.15) is 0 Å². The molecule has 0 spiro atoms. The lowest BCUT2D eigenvalue weighted by Gasteiger charge is -2.13. The zero-order valence-electron chi connectivity index (χ0n) is 15.0. The lowest BCUT2D eigenvalue weighted by Crippen LogP contribution is -2.37. The van der Waals surface area contributed by atoms with Crippen LogP contribution < -0.4 is 14.8 Å². The molecule has 9 heteroatoms. The second-order valence-corrected chi connectivity index (χ2v) is 8.03. The Hall–Kier alpha value is -2.78. The van der Waals surface area contributed by atoms with Crippen molar-refractivity contribution in [1.29, 1.82) is 0 Å². The molecule has 0 aliphatic carbocycles. The van der Waals surface area contributed by atoms with E-state index in [1.54, 1.807) is 42.5 Å². The van der Waals surface area contributed by atoms with Crippen LogP contribution in [0.15, 0.2) is 51.8 Å². The van der Waals surface area contributed by atoms with Crippen LogP contribution in [-0.2, 0) is 4.79 Å². The molecular formula is C20H15BrN2O5S. The highest BCUT2D eigenvalue weighted by molar-refractivity contribution is 9.10. The maximum absolute atomic E-state index is 12.6. The lowest BCUT2D eigenvalue weighted by atomic mass is 10.2. The Morgan fingerprint density at radius 2 is 1.97 bits per heavy atom. The summed E-state index contributed by atoms with van der Waals surface area (Å²) in [7, 11) is 0. The molecule has 29 heavy (non-hydrogen) atoms. The second kappa shape index (κ2) is 8.30. The van der Waals surface area contributed by atoms with E-state index in [4.69, 9.17) is 9.47 Å². The number of imide groups is 1. The van der Waals surface area contributed by atoms with Crippen molar-refractivity contribution in [2.24, 2.45) is 0 Å².